The second-order valence-corrected chi connectivity index (χ2v) is 9.28. The molecular weight excluding hydrogens is 495 g/mol. The zero-order valence-corrected chi connectivity index (χ0v) is 20.3. The molecule has 0 saturated carbocycles. The van der Waals surface area contributed by atoms with Crippen LogP contribution < -0.4 is 5.32 Å². The molecule has 2 aromatic carbocycles. The van der Waals surface area contributed by atoms with Gasteiger partial charge in [0, 0.05) is 17.8 Å². The molecule has 2 atom stereocenters. The summed E-state index contributed by atoms with van der Waals surface area (Å²) in [7, 11) is 0. The number of hydrogen-bond donors (Lipinski definition) is 1. The molecule has 0 aliphatic carbocycles. The van der Waals surface area contributed by atoms with Crippen molar-refractivity contribution in [2.45, 2.75) is 37.8 Å². The van der Waals surface area contributed by atoms with Gasteiger partial charge in [-0.2, -0.15) is 0 Å². The summed E-state index contributed by atoms with van der Waals surface area (Å²) >= 11 is 11.7. The highest BCUT2D eigenvalue weighted by Crippen LogP contribution is 2.25. The van der Waals surface area contributed by atoms with E-state index < -0.39 is 24.5 Å². The summed E-state index contributed by atoms with van der Waals surface area (Å²) in [6.07, 6.45) is 2.12. The van der Waals surface area contributed by atoms with Crippen LogP contribution in [-0.2, 0) is 19.1 Å². The van der Waals surface area contributed by atoms with Crippen LogP contribution in [0.3, 0.4) is 0 Å². The Bertz CT molecular complexity index is 1140. The molecule has 2 aliphatic rings. The summed E-state index contributed by atoms with van der Waals surface area (Å²) in [5, 5.41) is 3.26. The molecule has 2 amide bonds. The lowest BCUT2D eigenvalue weighted by Gasteiger charge is -2.41. The molecule has 4 rings (SSSR count). The van der Waals surface area contributed by atoms with E-state index in [-0.39, 0.29) is 40.4 Å². The van der Waals surface area contributed by atoms with Crippen molar-refractivity contribution in [3.05, 3.63) is 63.6 Å². The number of ketones is 1. The molecule has 2 unspecified atom stereocenters. The Morgan fingerprint density at radius 3 is 2.51 bits per heavy atom. The van der Waals surface area contributed by atoms with Gasteiger partial charge in [-0.3, -0.25) is 14.4 Å². The number of carbonyl (C=O) groups is 4. The van der Waals surface area contributed by atoms with Crippen LogP contribution in [0.2, 0.25) is 10.0 Å². The maximum Gasteiger partial charge on any atom is 0.338 e. The summed E-state index contributed by atoms with van der Waals surface area (Å²) < 4.78 is 10.7. The molecule has 0 aromatic heterocycles. The van der Waals surface area contributed by atoms with E-state index in [1.165, 1.54) is 30.3 Å². The molecule has 184 valence electrons. The fraction of sp³-hybridized carbons (Fsp3) is 0.360. The number of benzene rings is 2. The number of nitrogens with zero attached hydrogens (tertiary/aromatic N) is 1. The van der Waals surface area contributed by atoms with Crippen LogP contribution in [0.25, 0.3) is 0 Å². The molecule has 2 fully saturated rings. The SMILES string of the molecule is O=C(CC1OCC2CCCCN2C1=O)Nc1ccc(C(=O)OCC(=O)c2ccc(Cl)c(Cl)c2)cc1. The molecule has 0 radical (unpaired) electrons. The van der Waals surface area contributed by atoms with Gasteiger partial charge in [0.05, 0.1) is 34.7 Å². The highest BCUT2D eigenvalue weighted by molar-refractivity contribution is 6.42. The number of morpholine rings is 1. The lowest BCUT2D eigenvalue weighted by molar-refractivity contribution is -0.163. The Kier molecular flexibility index (Phi) is 8.05. The maximum atomic E-state index is 12.6. The van der Waals surface area contributed by atoms with Crippen LogP contribution in [0.4, 0.5) is 5.69 Å². The van der Waals surface area contributed by atoms with E-state index in [0.717, 1.165) is 19.3 Å². The monoisotopic (exact) mass is 518 g/mol. The number of amides is 2. The number of ether oxygens (including phenoxy) is 2. The minimum absolute atomic E-state index is 0.0807. The van der Waals surface area contributed by atoms with Gasteiger partial charge < -0.3 is 19.7 Å². The quantitative estimate of drug-likeness (QED) is 0.436. The van der Waals surface area contributed by atoms with Crippen molar-refractivity contribution in [3.8, 4) is 0 Å². The highest BCUT2D eigenvalue weighted by atomic mass is 35.5. The van der Waals surface area contributed by atoms with E-state index >= 15 is 0 Å². The molecule has 0 bridgehead atoms. The number of piperidine rings is 1. The van der Waals surface area contributed by atoms with Crippen LogP contribution in [0.5, 0.6) is 0 Å². The highest BCUT2D eigenvalue weighted by Gasteiger charge is 2.38. The van der Waals surface area contributed by atoms with Crippen LogP contribution >= 0.6 is 23.2 Å². The van der Waals surface area contributed by atoms with Crippen molar-refractivity contribution in [2.24, 2.45) is 0 Å². The fourth-order valence-corrected chi connectivity index (χ4v) is 4.43. The van der Waals surface area contributed by atoms with Crippen molar-refractivity contribution in [1.82, 2.24) is 4.90 Å². The van der Waals surface area contributed by atoms with Gasteiger partial charge in [0.25, 0.3) is 5.91 Å². The Labute approximate surface area is 212 Å². The first-order chi connectivity index (χ1) is 16.8. The summed E-state index contributed by atoms with van der Waals surface area (Å²) in [5.74, 6) is -1.60. The Morgan fingerprint density at radius 2 is 1.77 bits per heavy atom. The van der Waals surface area contributed by atoms with Gasteiger partial charge in [-0.05, 0) is 61.7 Å². The Balaban J connectivity index is 1.26. The molecular formula is C25H24Cl2N2O6. The number of carbonyl (C=O) groups excluding carboxylic acids is 4. The van der Waals surface area contributed by atoms with Crippen LogP contribution in [0.1, 0.15) is 46.4 Å². The zero-order valence-electron chi connectivity index (χ0n) is 18.8. The van der Waals surface area contributed by atoms with E-state index in [1.54, 1.807) is 12.1 Å². The van der Waals surface area contributed by atoms with E-state index in [1.807, 2.05) is 4.90 Å². The minimum atomic E-state index is -0.786. The molecule has 8 nitrogen and oxygen atoms in total. The number of esters is 1. The molecule has 1 N–H and O–H groups in total. The van der Waals surface area contributed by atoms with Gasteiger partial charge in [0.15, 0.2) is 12.4 Å². The van der Waals surface area contributed by atoms with Gasteiger partial charge in [-0.15, -0.1) is 0 Å². The lowest BCUT2D eigenvalue weighted by atomic mass is 9.99. The van der Waals surface area contributed by atoms with Gasteiger partial charge in [-0.25, -0.2) is 4.79 Å². The third-order valence-corrected chi connectivity index (χ3v) is 6.77. The van der Waals surface area contributed by atoms with Crippen molar-refractivity contribution in [2.75, 3.05) is 25.1 Å². The predicted octanol–water partition coefficient (Wildman–Crippen LogP) is 4.14. The van der Waals surface area contributed by atoms with Gasteiger partial charge in [0.1, 0.15) is 6.10 Å². The van der Waals surface area contributed by atoms with Crippen LogP contribution in [0.15, 0.2) is 42.5 Å². The Hall–Kier alpha value is -2.94. The summed E-state index contributed by atoms with van der Waals surface area (Å²) in [4.78, 5) is 51.4. The number of halogens is 2. The number of Topliss-reactive ketones (excluding diaryl/α,β-unsaturated/α-hetero) is 1. The molecule has 35 heavy (non-hydrogen) atoms. The Morgan fingerprint density at radius 1 is 1.03 bits per heavy atom. The third-order valence-electron chi connectivity index (χ3n) is 6.03. The topological polar surface area (TPSA) is 102 Å². The minimum Gasteiger partial charge on any atom is -0.454 e. The van der Waals surface area contributed by atoms with Gasteiger partial charge in [-0.1, -0.05) is 23.2 Å². The smallest absolute Gasteiger partial charge is 0.338 e. The van der Waals surface area contributed by atoms with Crippen molar-refractivity contribution in [3.63, 3.8) is 0 Å². The summed E-state index contributed by atoms with van der Waals surface area (Å²) in [5.41, 5.74) is 0.950. The third kappa shape index (κ3) is 6.20. The second-order valence-electron chi connectivity index (χ2n) is 8.46. The standard InChI is InChI=1S/C25H24Cl2N2O6/c26-19-9-6-16(11-20(19)27)21(30)14-35-25(33)15-4-7-17(8-5-15)28-23(31)12-22-24(32)29-10-2-1-3-18(29)13-34-22/h4-9,11,18,22H,1-3,10,12-14H2,(H,28,31). The molecule has 0 spiro atoms. The zero-order chi connectivity index (χ0) is 24.9. The van der Waals surface area contributed by atoms with Crippen molar-refractivity contribution < 1.29 is 28.7 Å². The number of nitrogens with one attached hydrogen (secondary N) is 1. The maximum absolute atomic E-state index is 12.6. The average molecular weight is 519 g/mol. The van der Waals surface area contributed by atoms with Crippen LogP contribution in [0, 0.1) is 0 Å². The normalized spacial score (nSPS) is 19.6. The number of hydrogen-bond acceptors (Lipinski definition) is 6. The fourth-order valence-electron chi connectivity index (χ4n) is 4.13. The number of fused-ring (bicyclic) bond motifs is 1. The molecule has 10 heteroatoms. The number of rotatable bonds is 7. The van der Waals surface area contributed by atoms with Crippen molar-refractivity contribution in [1.29, 1.82) is 0 Å². The molecule has 2 heterocycles. The largest absolute Gasteiger partial charge is 0.454 e. The first-order valence-corrected chi connectivity index (χ1v) is 12.0. The molecule has 2 saturated heterocycles. The van der Waals surface area contributed by atoms with Crippen LogP contribution in [-0.4, -0.2) is 60.4 Å². The summed E-state index contributed by atoms with van der Waals surface area (Å²) in [6, 6.07) is 10.5. The average Bonchev–Trinajstić information content (AvgIpc) is 2.86. The second kappa shape index (κ2) is 11.2. The van der Waals surface area contributed by atoms with Gasteiger partial charge in [0.2, 0.25) is 5.91 Å². The van der Waals surface area contributed by atoms with E-state index in [2.05, 4.69) is 5.32 Å². The number of anilines is 1. The van der Waals surface area contributed by atoms with E-state index in [0.29, 0.717) is 23.9 Å². The first kappa shape index (κ1) is 25.2. The summed E-state index contributed by atoms with van der Waals surface area (Å²) in [6.45, 7) is 0.707. The predicted molar refractivity (Wildman–Crippen MR) is 130 cm³/mol. The first-order valence-electron chi connectivity index (χ1n) is 11.3. The van der Waals surface area contributed by atoms with Gasteiger partial charge >= 0.3 is 5.97 Å². The van der Waals surface area contributed by atoms with E-state index in [4.69, 9.17) is 32.7 Å². The lowest BCUT2D eigenvalue weighted by Crippen LogP contribution is -2.56. The van der Waals surface area contributed by atoms with Crippen molar-refractivity contribution >= 4 is 52.5 Å². The molecule has 2 aromatic rings. The van der Waals surface area contributed by atoms with E-state index in [9.17, 15) is 19.2 Å². The molecule has 2 aliphatic heterocycles.